The average Bonchev–Trinajstić information content (AvgIpc) is 3.72. The fourth-order valence-corrected chi connectivity index (χ4v) is 10.5. The summed E-state index contributed by atoms with van der Waals surface area (Å²) < 4.78 is 0. The van der Waals surface area contributed by atoms with E-state index in [9.17, 15) is 0 Å². The van der Waals surface area contributed by atoms with Crippen LogP contribution in [-0.4, -0.2) is 0 Å². The van der Waals surface area contributed by atoms with Gasteiger partial charge in [0.2, 0.25) is 0 Å². The maximum absolute atomic E-state index is 2.58. The van der Waals surface area contributed by atoms with Crippen LogP contribution in [0.25, 0.3) is 54.6 Å². The largest absolute Gasteiger partial charge is 0.310 e. The molecular formula is C57H47N. The van der Waals surface area contributed by atoms with Crippen molar-refractivity contribution in [3.8, 4) is 22.3 Å². The summed E-state index contributed by atoms with van der Waals surface area (Å²) in [5.74, 6) is 0. The molecule has 0 saturated carbocycles. The van der Waals surface area contributed by atoms with Crippen molar-refractivity contribution in [2.24, 2.45) is 0 Å². The van der Waals surface area contributed by atoms with Gasteiger partial charge in [-0.25, -0.2) is 0 Å². The highest BCUT2D eigenvalue weighted by Gasteiger charge is 2.53. The van der Waals surface area contributed by atoms with Crippen molar-refractivity contribution >= 4 is 49.4 Å². The van der Waals surface area contributed by atoms with E-state index in [4.69, 9.17) is 0 Å². The quantitative estimate of drug-likeness (QED) is 0.163. The Morgan fingerprint density at radius 3 is 1.26 bits per heavy atom. The molecule has 0 saturated heterocycles. The standard InChI is InChI=1S/C57H47N/c1-55(2,3)36-27-31-38(32-28-36)58(39-33-29-37(30-34-39)56(4,5)6)51-35-50-52(46-23-11-9-21-44(46)51)53-45-22-10-7-17-40(45)41-18-8-12-24-47(41)54(53)57(50)48-25-15-13-19-42(48)43-20-14-16-26-49(43)57/h7-35H,1-6H3. The summed E-state index contributed by atoms with van der Waals surface area (Å²) in [6.07, 6.45) is 0. The lowest BCUT2D eigenvalue weighted by atomic mass is 9.69. The molecule has 0 bridgehead atoms. The van der Waals surface area contributed by atoms with Gasteiger partial charge in [-0.1, -0.05) is 187 Å². The van der Waals surface area contributed by atoms with Gasteiger partial charge in [-0.15, -0.1) is 0 Å². The third-order valence-corrected chi connectivity index (χ3v) is 13.2. The second-order valence-electron chi connectivity index (χ2n) is 18.5. The molecule has 2 aliphatic rings. The van der Waals surface area contributed by atoms with Gasteiger partial charge in [0.1, 0.15) is 0 Å². The van der Waals surface area contributed by atoms with Crippen molar-refractivity contribution in [1.29, 1.82) is 0 Å². The third kappa shape index (κ3) is 4.77. The zero-order valence-corrected chi connectivity index (χ0v) is 34.2. The number of anilines is 3. The number of nitrogens with zero attached hydrogens (tertiary/aromatic N) is 1. The summed E-state index contributed by atoms with van der Waals surface area (Å²) in [7, 11) is 0. The van der Waals surface area contributed by atoms with Crippen LogP contribution in [0.2, 0.25) is 0 Å². The van der Waals surface area contributed by atoms with E-state index in [0.29, 0.717) is 0 Å². The third-order valence-electron chi connectivity index (χ3n) is 13.2. The summed E-state index contributed by atoms with van der Waals surface area (Å²) in [6.45, 7) is 13.8. The predicted octanol–water partition coefficient (Wildman–Crippen LogP) is 15.6. The molecule has 0 radical (unpaired) electrons. The highest BCUT2D eigenvalue weighted by molar-refractivity contribution is 6.24. The van der Waals surface area contributed by atoms with Crippen molar-refractivity contribution in [2.75, 3.05) is 4.90 Å². The summed E-state index contributed by atoms with van der Waals surface area (Å²) in [5, 5.41) is 7.74. The SMILES string of the molecule is CC(C)(C)c1ccc(N(c2ccc(C(C)(C)C)cc2)c2cc3c(c4ccccc24)-c2c(c4ccccc4c4ccccc24)C32c3ccccc3-c3ccccc32)cc1. The first-order valence-electron chi connectivity index (χ1n) is 20.8. The fraction of sp³-hybridized carbons (Fsp3) is 0.158. The zero-order chi connectivity index (χ0) is 39.6. The van der Waals surface area contributed by atoms with Gasteiger partial charge in [0, 0.05) is 16.8 Å². The Kier molecular flexibility index (Phi) is 7.36. The minimum absolute atomic E-state index is 0.0466. The van der Waals surface area contributed by atoms with Crippen molar-refractivity contribution in [2.45, 2.75) is 57.8 Å². The Balaban J connectivity index is 1.32. The topological polar surface area (TPSA) is 3.24 Å². The minimum Gasteiger partial charge on any atom is -0.310 e. The Labute approximate surface area is 342 Å². The molecule has 1 heteroatoms. The number of benzene rings is 9. The van der Waals surface area contributed by atoms with E-state index >= 15 is 0 Å². The van der Waals surface area contributed by atoms with E-state index in [0.717, 1.165) is 11.4 Å². The molecule has 0 amide bonds. The van der Waals surface area contributed by atoms with Crippen LogP contribution in [0.4, 0.5) is 17.1 Å². The lowest BCUT2D eigenvalue weighted by Gasteiger charge is -2.34. The molecule has 0 fully saturated rings. The molecule has 9 aromatic rings. The molecule has 0 atom stereocenters. The summed E-state index contributed by atoms with van der Waals surface area (Å²) in [5.41, 5.74) is 16.5. The first kappa shape index (κ1) is 34.8. The molecule has 11 rings (SSSR count). The van der Waals surface area contributed by atoms with Crippen LogP contribution in [-0.2, 0) is 16.2 Å². The molecule has 0 aliphatic heterocycles. The molecule has 1 nitrogen and oxygen atoms in total. The van der Waals surface area contributed by atoms with Crippen LogP contribution in [0.15, 0.2) is 176 Å². The fourth-order valence-electron chi connectivity index (χ4n) is 10.5. The second kappa shape index (κ2) is 12.3. The molecule has 9 aromatic carbocycles. The van der Waals surface area contributed by atoms with Crippen molar-refractivity contribution in [3.63, 3.8) is 0 Å². The molecule has 0 aromatic heterocycles. The molecule has 280 valence electrons. The molecule has 0 N–H and O–H groups in total. The van der Waals surface area contributed by atoms with Crippen LogP contribution in [0.1, 0.15) is 74.9 Å². The normalized spacial score (nSPS) is 13.8. The van der Waals surface area contributed by atoms with Gasteiger partial charge in [0.15, 0.2) is 0 Å². The second-order valence-corrected chi connectivity index (χ2v) is 18.5. The van der Waals surface area contributed by atoms with E-state index in [1.807, 2.05) is 0 Å². The number of fused-ring (bicyclic) bond motifs is 17. The van der Waals surface area contributed by atoms with E-state index in [1.54, 1.807) is 0 Å². The van der Waals surface area contributed by atoms with Gasteiger partial charge in [0.05, 0.1) is 11.1 Å². The average molecular weight is 746 g/mol. The van der Waals surface area contributed by atoms with E-state index in [-0.39, 0.29) is 10.8 Å². The number of hydrogen-bond donors (Lipinski definition) is 0. The summed E-state index contributed by atoms with van der Waals surface area (Å²) in [4.78, 5) is 2.52. The smallest absolute Gasteiger partial charge is 0.0732 e. The molecule has 58 heavy (non-hydrogen) atoms. The Morgan fingerprint density at radius 2 is 0.759 bits per heavy atom. The van der Waals surface area contributed by atoms with Crippen molar-refractivity contribution in [3.05, 3.63) is 209 Å². The van der Waals surface area contributed by atoms with Crippen LogP contribution in [0.3, 0.4) is 0 Å². The Hall–Kier alpha value is -6.44. The molecule has 0 unspecified atom stereocenters. The van der Waals surface area contributed by atoms with Gasteiger partial charge in [-0.05, 0) is 124 Å². The lowest BCUT2D eigenvalue weighted by Crippen LogP contribution is -2.26. The van der Waals surface area contributed by atoms with Gasteiger partial charge >= 0.3 is 0 Å². The van der Waals surface area contributed by atoms with E-state index < -0.39 is 5.41 Å². The molecule has 0 heterocycles. The maximum atomic E-state index is 2.58. The zero-order valence-electron chi connectivity index (χ0n) is 34.2. The van der Waals surface area contributed by atoms with Gasteiger partial charge in [-0.3, -0.25) is 0 Å². The van der Waals surface area contributed by atoms with Crippen LogP contribution in [0, 0.1) is 0 Å². The monoisotopic (exact) mass is 745 g/mol. The first-order chi connectivity index (χ1) is 28.1. The summed E-state index contributed by atoms with van der Waals surface area (Å²) in [6, 6.07) is 67.0. The number of rotatable bonds is 3. The van der Waals surface area contributed by atoms with Gasteiger partial charge in [-0.2, -0.15) is 0 Å². The van der Waals surface area contributed by atoms with E-state index in [2.05, 4.69) is 222 Å². The highest BCUT2D eigenvalue weighted by atomic mass is 15.1. The summed E-state index contributed by atoms with van der Waals surface area (Å²) >= 11 is 0. The van der Waals surface area contributed by atoms with Crippen molar-refractivity contribution < 1.29 is 0 Å². The minimum atomic E-state index is -0.544. The van der Waals surface area contributed by atoms with Gasteiger partial charge in [0.25, 0.3) is 0 Å². The lowest BCUT2D eigenvalue weighted by molar-refractivity contribution is 0.590. The first-order valence-corrected chi connectivity index (χ1v) is 20.8. The predicted molar refractivity (Wildman–Crippen MR) is 247 cm³/mol. The van der Waals surface area contributed by atoms with Crippen molar-refractivity contribution in [1.82, 2.24) is 0 Å². The van der Waals surface area contributed by atoms with Crippen LogP contribution in [0.5, 0.6) is 0 Å². The van der Waals surface area contributed by atoms with Gasteiger partial charge < -0.3 is 4.90 Å². The van der Waals surface area contributed by atoms with E-state index in [1.165, 1.54) is 93.6 Å². The van der Waals surface area contributed by atoms with Crippen LogP contribution >= 0.6 is 0 Å². The van der Waals surface area contributed by atoms with Crippen LogP contribution < -0.4 is 4.90 Å². The number of hydrogen-bond acceptors (Lipinski definition) is 1. The molecule has 1 spiro atoms. The Morgan fingerprint density at radius 1 is 0.362 bits per heavy atom. The highest BCUT2D eigenvalue weighted by Crippen LogP contribution is 2.67. The maximum Gasteiger partial charge on any atom is 0.0732 e. The molecule has 2 aliphatic carbocycles. The molecular weight excluding hydrogens is 699 g/mol. The Bertz CT molecular complexity index is 3010.